The van der Waals surface area contributed by atoms with E-state index in [4.69, 9.17) is 4.74 Å². The summed E-state index contributed by atoms with van der Waals surface area (Å²) in [6.07, 6.45) is 0. The Morgan fingerprint density at radius 1 is 1.12 bits per heavy atom. The molecule has 1 aliphatic heterocycles. The van der Waals surface area contributed by atoms with E-state index in [1.807, 2.05) is 12.1 Å². The number of ether oxygens (including phenoxy) is 1. The lowest BCUT2D eigenvalue weighted by atomic mass is 10.2. The minimum Gasteiger partial charge on any atom is -0.497 e. The van der Waals surface area contributed by atoms with Gasteiger partial charge in [-0.15, -0.1) is 0 Å². The number of hydrogen-bond donors (Lipinski definition) is 1. The van der Waals surface area contributed by atoms with E-state index in [2.05, 4.69) is 22.3 Å². The van der Waals surface area contributed by atoms with E-state index < -0.39 is 0 Å². The van der Waals surface area contributed by atoms with Crippen LogP contribution in [0.3, 0.4) is 0 Å². The maximum absolute atomic E-state index is 13.6. The van der Waals surface area contributed by atoms with Crippen LogP contribution >= 0.6 is 0 Å². The Labute approximate surface area is 153 Å². The van der Waals surface area contributed by atoms with Gasteiger partial charge in [-0.3, -0.25) is 4.90 Å². The molecule has 3 rings (SSSR count). The molecule has 6 heteroatoms. The van der Waals surface area contributed by atoms with Gasteiger partial charge >= 0.3 is 6.03 Å². The highest BCUT2D eigenvalue weighted by Gasteiger charge is 2.21. The first-order chi connectivity index (χ1) is 12.5. The van der Waals surface area contributed by atoms with Crippen molar-refractivity contribution in [3.8, 4) is 5.75 Å². The maximum Gasteiger partial charge on any atom is 0.321 e. The highest BCUT2D eigenvalue weighted by Crippen LogP contribution is 2.16. The third-order valence-corrected chi connectivity index (χ3v) is 4.65. The zero-order chi connectivity index (χ0) is 18.5. The number of carbonyl (C=O) groups excluding carboxylic acids is 1. The molecule has 0 unspecified atom stereocenters. The first-order valence-electron chi connectivity index (χ1n) is 8.72. The van der Waals surface area contributed by atoms with Crippen molar-refractivity contribution in [2.24, 2.45) is 0 Å². The summed E-state index contributed by atoms with van der Waals surface area (Å²) in [5, 5.41) is 2.77. The van der Waals surface area contributed by atoms with Crippen LogP contribution in [0.5, 0.6) is 5.75 Å². The highest BCUT2D eigenvalue weighted by atomic mass is 19.1. The van der Waals surface area contributed by atoms with Gasteiger partial charge in [0.25, 0.3) is 0 Å². The topological polar surface area (TPSA) is 44.8 Å². The van der Waals surface area contributed by atoms with E-state index >= 15 is 0 Å². The van der Waals surface area contributed by atoms with Gasteiger partial charge < -0.3 is 15.0 Å². The number of aryl methyl sites for hydroxylation is 1. The summed E-state index contributed by atoms with van der Waals surface area (Å²) < 4.78 is 18.8. The van der Waals surface area contributed by atoms with Crippen molar-refractivity contribution in [3.05, 3.63) is 59.4 Å². The summed E-state index contributed by atoms with van der Waals surface area (Å²) in [6, 6.07) is 12.6. The van der Waals surface area contributed by atoms with E-state index in [0.717, 1.165) is 25.4 Å². The number of nitrogens with zero attached hydrogens (tertiary/aromatic N) is 2. The van der Waals surface area contributed by atoms with Crippen LogP contribution in [0.1, 0.15) is 11.1 Å². The predicted molar refractivity (Wildman–Crippen MR) is 100.0 cm³/mol. The van der Waals surface area contributed by atoms with Crippen molar-refractivity contribution in [2.75, 3.05) is 38.6 Å². The first-order valence-corrected chi connectivity index (χ1v) is 8.72. The average molecular weight is 357 g/mol. The van der Waals surface area contributed by atoms with Gasteiger partial charge in [0.1, 0.15) is 11.6 Å². The van der Waals surface area contributed by atoms with Gasteiger partial charge in [-0.2, -0.15) is 0 Å². The number of amides is 2. The molecule has 138 valence electrons. The Balaban J connectivity index is 1.49. The molecule has 2 aromatic carbocycles. The molecule has 0 radical (unpaired) electrons. The molecule has 0 bridgehead atoms. The van der Waals surface area contributed by atoms with Gasteiger partial charge in [-0.05, 0) is 42.3 Å². The molecule has 0 spiro atoms. The second-order valence-corrected chi connectivity index (χ2v) is 6.51. The zero-order valence-corrected chi connectivity index (χ0v) is 15.2. The molecular weight excluding hydrogens is 333 g/mol. The fourth-order valence-electron chi connectivity index (χ4n) is 2.97. The van der Waals surface area contributed by atoms with E-state index in [1.54, 1.807) is 31.1 Å². The van der Waals surface area contributed by atoms with Crippen molar-refractivity contribution in [1.82, 2.24) is 9.80 Å². The van der Waals surface area contributed by atoms with E-state index in [0.29, 0.717) is 24.3 Å². The third kappa shape index (κ3) is 4.52. The average Bonchev–Trinajstić information content (AvgIpc) is 2.66. The van der Waals surface area contributed by atoms with Crippen molar-refractivity contribution in [1.29, 1.82) is 0 Å². The summed E-state index contributed by atoms with van der Waals surface area (Å²) >= 11 is 0. The number of hydrogen-bond acceptors (Lipinski definition) is 3. The van der Waals surface area contributed by atoms with Gasteiger partial charge in [0.05, 0.1) is 7.11 Å². The van der Waals surface area contributed by atoms with Crippen molar-refractivity contribution in [3.63, 3.8) is 0 Å². The molecule has 1 fully saturated rings. The Hall–Kier alpha value is -2.60. The standard InChI is InChI=1S/C20H24FN3O2/c1-15-3-6-17(13-19(15)21)22-20(25)24-11-9-23(10-12-24)14-16-4-7-18(26-2)8-5-16/h3-8,13H,9-12,14H2,1-2H3,(H,22,25). The number of anilines is 1. The minimum atomic E-state index is -0.313. The van der Waals surface area contributed by atoms with Crippen molar-refractivity contribution >= 4 is 11.7 Å². The van der Waals surface area contributed by atoms with E-state index in [1.165, 1.54) is 11.6 Å². The van der Waals surface area contributed by atoms with Crippen LogP contribution < -0.4 is 10.1 Å². The molecule has 5 nitrogen and oxygen atoms in total. The molecule has 26 heavy (non-hydrogen) atoms. The molecule has 2 aromatic rings. The largest absolute Gasteiger partial charge is 0.497 e. The third-order valence-electron chi connectivity index (χ3n) is 4.65. The predicted octanol–water partition coefficient (Wildman–Crippen LogP) is 3.49. The van der Waals surface area contributed by atoms with Gasteiger partial charge in [0, 0.05) is 38.4 Å². The van der Waals surface area contributed by atoms with Gasteiger partial charge in [0.15, 0.2) is 0 Å². The molecule has 2 amide bonds. The smallest absolute Gasteiger partial charge is 0.321 e. The van der Waals surface area contributed by atoms with Crippen LogP contribution in [0.4, 0.5) is 14.9 Å². The second kappa shape index (κ2) is 8.19. The highest BCUT2D eigenvalue weighted by molar-refractivity contribution is 5.89. The number of piperazine rings is 1. The molecule has 0 aromatic heterocycles. The van der Waals surface area contributed by atoms with Gasteiger partial charge in [-0.25, -0.2) is 9.18 Å². The van der Waals surface area contributed by atoms with Crippen LogP contribution in [0.25, 0.3) is 0 Å². The SMILES string of the molecule is COc1ccc(CN2CCN(C(=O)Nc3ccc(C)c(F)c3)CC2)cc1. The number of halogens is 1. The summed E-state index contributed by atoms with van der Waals surface area (Å²) in [5.74, 6) is 0.537. The quantitative estimate of drug-likeness (QED) is 0.911. The fraction of sp³-hybridized carbons (Fsp3) is 0.350. The monoisotopic (exact) mass is 357 g/mol. The number of rotatable bonds is 4. The Kier molecular flexibility index (Phi) is 5.73. The number of carbonyl (C=O) groups is 1. The maximum atomic E-state index is 13.6. The molecule has 0 atom stereocenters. The van der Waals surface area contributed by atoms with Gasteiger partial charge in [-0.1, -0.05) is 18.2 Å². The lowest BCUT2D eigenvalue weighted by Gasteiger charge is -2.34. The summed E-state index contributed by atoms with van der Waals surface area (Å²) in [5.41, 5.74) is 2.27. The minimum absolute atomic E-state index is 0.183. The van der Waals surface area contributed by atoms with Gasteiger partial charge in [0.2, 0.25) is 0 Å². The molecule has 1 saturated heterocycles. The molecule has 1 aliphatic rings. The Morgan fingerprint density at radius 3 is 2.42 bits per heavy atom. The fourth-order valence-corrected chi connectivity index (χ4v) is 2.97. The summed E-state index contributed by atoms with van der Waals surface area (Å²) in [7, 11) is 1.66. The number of methoxy groups -OCH3 is 1. The Bertz CT molecular complexity index is 756. The normalized spacial score (nSPS) is 15.0. The number of urea groups is 1. The first kappa shape index (κ1) is 18.2. The van der Waals surface area contributed by atoms with Crippen LogP contribution in [-0.4, -0.2) is 49.1 Å². The summed E-state index contributed by atoms with van der Waals surface area (Å²) in [6.45, 7) is 5.46. The number of nitrogens with one attached hydrogen (secondary N) is 1. The number of benzene rings is 2. The summed E-state index contributed by atoms with van der Waals surface area (Å²) in [4.78, 5) is 16.4. The second-order valence-electron chi connectivity index (χ2n) is 6.51. The molecule has 1 heterocycles. The van der Waals surface area contributed by atoms with Crippen LogP contribution in [0.15, 0.2) is 42.5 Å². The van der Waals surface area contributed by atoms with E-state index in [9.17, 15) is 9.18 Å². The van der Waals surface area contributed by atoms with Crippen LogP contribution in [-0.2, 0) is 6.54 Å². The molecule has 0 saturated carbocycles. The molecular formula is C20H24FN3O2. The van der Waals surface area contributed by atoms with Crippen molar-refractivity contribution in [2.45, 2.75) is 13.5 Å². The van der Waals surface area contributed by atoms with E-state index in [-0.39, 0.29) is 11.8 Å². The zero-order valence-electron chi connectivity index (χ0n) is 15.2. The Morgan fingerprint density at radius 2 is 1.81 bits per heavy atom. The lowest BCUT2D eigenvalue weighted by molar-refractivity contribution is 0.143. The molecule has 0 aliphatic carbocycles. The van der Waals surface area contributed by atoms with Crippen LogP contribution in [0.2, 0.25) is 0 Å². The molecule has 1 N–H and O–H groups in total. The lowest BCUT2D eigenvalue weighted by Crippen LogP contribution is -2.49. The van der Waals surface area contributed by atoms with Crippen molar-refractivity contribution < 1.29 is 13.9 Å². The van der Waals surface area contributed by atoms with Crippen LogP contribution in [0, 0.1) is 12.7 Å².